The fourth-order valence-corrected chi connectivity index (χ4v) is 2.08. The van der Waals surface area contributed by atoms with Gasteiger partial charge < -0.3 is 5.73 Å². The summed E-state index contributed by atoms with van der Waals surface area (Å²) < 4.78 is 0. The van der Waals surface area contributed by atoms with Gasteiger partial charge >= 0.3 is 0 Å². The molecule has 106 valence electrons. The number of hydrogen-bond donors (Lipinski definition) is 1. The highest BCUT2D eigenvalue weighted by Gasteiger charge is 2.16. The molecule has 0 aliphatic rings. The van der Waals surface area contributed by atoms with Crippen LogP contribution in [0, 0.1) is 13.8 Å². The van der Waals surface area contributed by atoms with E-state index in [1.807, 2.05) is 6.92 Å². The maximum Gasteiger partial charge on any atom is 0.163 e. The molecule has 1 aromatic heterocycles. The molecule has 0 saturated heterocycles. The number of nitrogens with two attached hydrogens (primary N) is 1. The Labute approximate surface area is 120 Å². The molecule has 0 aliphatic carbocycles. The molecule has 0 radical (unpaired) electrons. The van der Waals surface area contributed by atoms with Gasteiger partial charge in [0.2, 0.25) is 0 Å². The summed E-state index contributed by atoms with van der Waals surface area (Å²) in [7, 11) is 0. The predicted molar refractivity (Wildman–Crippen MR) is 81.3 cm³/mol. The Morgan fingerprint density at radius 2 is 1.75 bits per heavy atom. The lowest BCUT2D eigenvalue weighted by Crippen LogP contribution is -2.12. The van der Waals surface area contributed by atoms with Gasteiger partial charge in [-0.15, -0.1) is 0 Å². The van der Waals surface area contributed by atoms with Gasteiger partial charge in [-0.3, -0.25) is 0 Å². The van der Waals surface area contributed by atoms with E-state index < -0.39 is 0 Å². The average Bonchev–Trinajstić information content (AvgIpc) is 2.37. The quantitative estimate of drug-likeness (QED) is 0.911. The van der Waals surface area contributed by atoms with Gasteiger partial charge in [0.1, 0.15) is 11.6 Å². The minimum atomic E-state index is 0.0984. The molecule has 2 rings (SSSR count). The number of benzene rings is 1. The molecular weight excluding hydrogens is 248 g/mol. The molecule has 0 saturated carbocycles. The lowest BCUT2D eigenvalue weighted by molar-refractivity contribution is 0.590. The van der Waals surface area contributed by atoms with Crippen LogP contribution in [0.15, 0.2) is 18.2 Å². The zero-order chi connectivity index (χ0) is 14.9. The molecular formula is C16H22N4. The SMILES string of the molecule is Cc1nc(CN)nc(-c2cc(C(C)(C)C)ccc2C)n1. The number of nitrogens with zero attached hydrogens (tertiary/aromatic N) is 3. The number of hydrogen-bond acceptors (Lipinski definition) is 4. The van der Waals surface area contributed by atoms with Crippen LogP contribution < -0.4 is 5.73 Å². The second-order valence-corrected chi connectivity index (χ2v) is 6.11. The highest BCUT2D eigenvalue weighted by molar-refractivity contribution is 5.61. The first-order valence-corrected chi connectivity index (χ1v) is 6.84. The van der Waals surface area contributed by atoms with E-state index in [2.05, 4.69) is 60.8 Å². The third kappa shape index (κ3) is 3.02. The van der Waals surface area contributed by atoms with E-state index in [1.165, 1.54) is 5.56 Å². The van der Waals surface area contributed by atoms with Crippen LogP contribution in [-0.2, 0) is 12.0 Å². The predicted octanol–water partition coefficient (Wildman–Crippen LogP) is 2.91. The van der Waals surface area contributed by atoms with Crippen molar-refractivity contribution in [3.63, 3.8) is 0 Å². The molecule has 2 aromatic rings. The van der Waals surface area contributed by atoms with E-state index in [9.17, 15) is 0 Å². The van der Waals surface area contributed by atoms with Crippen LogP contribution in [0.2, 0.25) is 0 Å². The molecule has 0 unspecified atom stereocenters. The van der Waals surface area contributed by atoms with Crippen molar-refractivity contribution in [2.75, 3.05) is 0 Å². The van der Waals surface area contributed by atoms with Crippen LogP contribution in [0.4, 0.5) is 0 Å². The Kier molecular flexibility index (Phi) is 3.86. The summed E-state index contributed by atoms with van der Waals surface area (Å²) >= 11 is 0. The van der Waals surface area contributed by atoms with Crippen LogP contribution in [0.5, 0.6) is 0 Å². The Morgan fingerprint density at radius 3 is 2.35 bits per heavy atom. The van der Waals surface area contributed by atoms with Gasteiger partial charge in [0.25, 0.3) is 0 Å². The lowest BCUT2D eigenvalue weighted by Gasteiger charge is -2.20. The smallest absolute Gasteiger partial charge is 0.163 e. The summed E-state index contributed by atoms with van der Waals surface area (Å²) in [6.07, 6.45) is 0. The van der Waals surface area contributed by atoms with Crippen molar-refractivity contribution < 1.29 is 0 Å². The summed E-state index contributed by atoms with van der Waals surface area (Å²) in [5.74, 6) is 2.05. The van der Waals surface area contributed by atoms with E-state index in [4.69, 9.17) is 5.73 Å². The van der Waals surface area contributed by atoms with Gasteiger partial charge in [-0.1, -0.05) is 32.9 Å². The van der Waals surface area contributed by atoms with Crippen molar-refractivity contribution in [1.82, 2.24) is 15.0 Å². The van der Waals surface area contributed by atoms with Crippen molar-refractivity contribution >= 4 is 0 Å². The van der Waals surface area contributed by atoms with Crippen molar-refractivity contribution in [1.29, 1.82) is 0 Å². The Hall–Kier alpha value is -1.81. The third-order valence-corrected chi connectivity index (χ3v) is 3.32. The number of aryl methyl sites for hydroxylation is 2. The summed E-state index contributed by atoms with van der Waals surface area (Å²) in [4.78, 5) is 13.1. The summed E-state index contributed by atoms with van der Waals surface area (Å²) in [6, 6.07) is 6.46. The molecule has 0 fully saturated rings. The zero-order valence-corrected chi connectivity index (χ0v) is 12.9. The largest absolute Gasteiger partial charge is 0.324 e. The normalized spacial score (nSPS) is 11.7. The molecule has 1 heterocycles. The van der Waals surface area contributed by atoms with Gasteiger partial charge in [-0.05, 0) is 36.5 Å². The Morgan fingerprint density at radius 1 is 1.05 bits per heavy atom. The van der Waals surface area contributed by atoms with Gasteiger partial charge in [-0.2, -0.15) is 0 Å². The van der Waals surface area contributed by atoms with E-state index in [0.717, 1.165) is 11.1 Å². The fourth-order valence-electron chi connectivity index (χ4n) is 2.08. The molecule has 0 spiro atoms. The monoisotopic (exact) mass is 270 g/mol. The molecule has 1 aromatic carbocycles. The molecule has 0 amide bonds. The topological polar surface area (TPSA) is 64.7 Å². The Balaban J connectivity index is 2.60. The highest BCUT2D eigenvalue weighted by atomic mass is 15.0. The van der Waals surface area contributed by atoms with Gasteiger partial charge in [0.15, 0.2) is 5.82 Å². The summed E-state index contributed by atoms with van der Waals surface area (Å²) in [5.41, 5.74) is 9.23. The first kappa shape index (κ1) is 14.6. The van der Waals surface area contributed by atoms with Crippen LogP contribution in [0.3, 0.4) is 0 Å². The zero-order valence-electron chi connectivity index (χ0n) is 12.9. The van der Waals surface area contributed by atoms with E-state index in [0.29, 0.717) is 24.0 Å². The molecule has 0 atom stereocenters. The van der Waals surface area contributed by atoms with Crippen molar-refractivity contribution in [3.05, 3.63) is 41.0 Å². The number of rotatable bonds is 2. The van der Waals surface area contributed by atoms with Crippen molar-refractivity contribution in [2.45, 2.75) is 46.6 Å². The first-order valence-electron chi connectivity index (χ1n) is 6.84. The van der Waals surface area contributed by atoms with E-state index in [-0.39, 0.29) is 5.41 Å². The minimum absolute atomic E-state index is 0.0984. The van der Waals surface area contributed by atoms with Crippen molar-refractivity contribution in [2.24, 2.45) is 5.73 Å². The molecule has 4 nitrogen and oxygen atoms in total. The first-order chi connectivity index (χ1) is 9.31. The maximum atomic E-state index is 5.65. The second kappa shape index (κ2) is 5.29. The van der Waals surface area contributed by atoms with Crippen LogP contribution in [-0.4, -0.2) is 15.0 Å². The van der Waals surface area contributed by atoms with Crippen LogP contribution >= 0.6 is 0 Å². The van der Waals surface area contributed by atoms with Gasteiger partial charge in [0, 0.05) is 5.56 Å². The maximum absolute atomic E-state index is 5.65. The summed E-state index contributed by atoms with van der Waals surface area (Å²) in [6.45, 7) is 10.9. The molecule has 2 N–H and O–H groups in total. The third-order valence-electron chi connectivity index (χ3n) is 3.32. The average molecular weight is 270 g/mol. The van der Waals surface area contributed by atoms with Gasteiger partial charge in [-0.25, -0.2) is 15.0 Å². The van der Waals surface area contributed by atoms with E-state index >= 15 is 0 Å². The molecule has 0 aliphatic heterocycles. The second-order valence-electron chi connectivity index (χ2n) is 6.11. The van der Waals surface area contributed by atoms with E-state index in [1.54, 1.807) is 0 Å². The fraction of sp³-hybridized carbons (Fsp3) is 0.438. The lowest BCUT2D eigenvalue weighted by atomic mass is 9.85. The highest BCUT2D eigenvalue weighted by Crippen LogP contribution is 2.28. The van der Waals surface area contributed by atoms with Crippen molar-refractivity contribution in [3.8, 4) is 11.4 Å². The minimum Gasteiger partial charge on any atom is -0.324 e. The number of aromatic nitrogens is 3. The molecule has 20 heavy (non-hydrogen) atoms. The van der Waals surface area contributed by atoms with Gasteiger partial charge in [0.05, 0.1) is 6.54 Å². The Bertz CT molecular complexity index is 627. The molecule has 4 heteroatoms. The summed E-state index contributed by atoms with van der Waals surface area (Å²) in [5, 5.41) is 0. The standard InChI is InChI=1S/C16H22N4/c1-10-6-7-12(16(3,4)5)8-13(10)15-19-11(2)18-14(9-17)20-15/h6-8H,9,17H2,1-5H3. The van der Waals surface area contributed by atoms with Crippen LogP contribution in [0.25, 0.3) is 11.4 Å². The molecule has 0 bridgehead atoms. The van der Waals surface area contributed by atoms with Crippen LogP contribution in [0.1, 0.15) is 43.5 Å².